The highest BCUT2D eigenvalue weighted by atomic mass is 35.5. The molecule has 12 nitrogen and oxygen atoms in total. The summed E-state index contributed by atoms with van der Waals surface area (Å²) >= 11 is 6.07. The number of nitrogens with one attached hydrogen (secondary N) is 1. The van der Waals surface area contributed by atoms with Gasteiger partial charge in [0.05, 0.1) is 18.3 Å². The number of phenolic OH excluding ortho intramolecular Hbond substituents is 2. The second-order valence-electron chi connectivity index (χ2n) is 17.0. The van der Waals surface area contributed by atoms with Gasteiger partial charge in [-0.15, -0.1) is 0 Å². The molecule has 4 aromatic rings. The van der Waals surface area contributed by atoms with Gasteiger partial charge in [0.1, 0.15) is 17.5 Å². The van der Waals surface area contributed by atoms with Crippen LogP contribution in [0.5, 0.6) is 11.5 Å². The molecule has 2 aliphatic heterocycles. The smallest absolute Gasteiger partial charge is 0.226 e. The van der Waals surface area contributed by atoms with Gasteiger partial charge in [0.25, 0.3) is 0 Å². The zero-order chi connectivity index (χ0) is 46.8. The Morgan fingerprint density at radius 3 is 2.22 bits per heavy atom. The van der Waals surface area contributed by atoms with Crippen molar-refractivity contribution in [1.82, 2.24) is 10.2 Å². The zero-order valence-electron chi connectivity index (χ0n) is 36.8. The summed E-state index contributed by atoms with van der Waals surface area (Å²) in [4.78, 5) is 89.6. The highest BCUT2D eigenvalue weighted by molar-refractivity contribution is 6.30. The quantitative estimate of drug-likeness (QED) is 0.0490. The summed E-state index contributed by atoms with van der Waals surface area (Å²) < 4.78 is 0. The van der Waals surface area contributed by atoms with Crippen LogP contribution in [0.2, 0.25) is 5.02 Å². The number of nitrogens with two attached hydrogens (primary N) is 1. The van der Waals surface area contributed by atoms with Crippen molar-refractivity contribution in [2.75, 3.05) is 20.1 Å². The van der Waals surface area contributed by atoms with E-state index in [1.807, 2.05) is 30.3 Å². The van der Waals surface area contributed by atoms with Crippen LogP contribution >= 0.6 is 11.6 Å². The van der Waals surface area contributed by atoms with Crippen LogP contribution in [0.4, 0.5) is 0 Å². The van der Waals surface area contributed by atoms with E-state index >= 15 is 0 Å². The van der Waals surface area contributed by atoms with Gasteiger partial charge in [-0.1, -0.05) is 86.5 Å². The summed E-state index contributed by atoms with van der Waals surface area (Å²) in [7, 11) is 1.48. The van der Waals surface area contributed by atoms with Crippen molar-refractivity contribution in [3.63, 3.8) is 0 Å². The van der Waals surface area contributed by atoms with Crippen molar-refractivity contribution in [2.45, 2.75) is 70.9 Å². The molecule has 65 heavy (non-hydrogen) atoms. The Kier molecular flexibility index (Phi) is 16.2. The molecular weight excluding hydrogens is 844 g/mol. The molecule has 5 atom stereocenters. The predicted molar refractivity (Wildman–Crippen MR) is 252 cm³/mol. The van der Waals surface area contributed by atoms with Crippen LogP contribution in [0.15, 0.2) is 114 Å². The SMILES string of the molecule is C[C@H](CC(=O)[C@@H]1Cc2ccc(O)c(c2)-c2cc(ccc2O)[C@H](N(C)C(=O)[C@H](CCCCN)CC(=O)c2ccc(-c3ccc(Cl)cc3)cc2)C(=O)C[C@@H](C)C(=O)N1)C(=O)/C=C/C1=NCC=C1. The van der Waals surface area contributed by atoms with Gasteiger partial charge in [-0.25, -0.2) is 0 Å². The fourth-order valence-electron chi connectivity index (χ4n) is 8.26. The monoisotopic (exact) mass is 898 g/mol. The topological polar surface area (TPSA) is 197 Å². The summed E-state index contributed by atoms with van der Waals surface area (Å²) in [5.74, 6) is -5.43. The summed E-state index contributed by atoms with van der Waals surface area (Å²) in [5, 5.41) is 25.8. The molecule has 0 spiro atoms. The van der Waals surface area contributed by atoms with E-state index in [1.165, 1.54) is 42.3 Å². The fourth-order valence-corrected chi connectivity index (χ4v) is 8.38. The maximum absolute atomic E-state index is 14.7. The molecule has 0 fully saturated rings. The van der Waals surface area contributed by atoms with Crippen molar-refractivity contribution in [3.05, 3.63) is 131 Å². The van der Waals surface area contributed by atoms with Gasteiger partial charge in [0, 0.05) is 65.8 Å². The number of hydrogen-bond donors (Lipinski definition) is 4. The van der Waals surface area contributed by atoms with Crippen LogP contribution in [0.25, 0.3) is 22.3 Å². The van der Waals surface area contributed by atoms with Crippen LogP contribution < -0.4 is 11.1 Å². The van der Waals surface area contributed by atoms with E-state index in [0.717, 1.165) is 11.1 Å². The lowest BCUT2D eigenvalue weighted by Gasteiger charge is -2.32. The van der Waals surface area contributed by atoms with E-state index < -0.39 is 53.2 Å². The van der Waals surface area contributed by atoms with Gasteiger partial charge >= 0.3 is 0 Å². The average Bonchev–Trinajstić information content (AvgIpc) is 3.82. The molecule has 2 amide bonds. The van der Waals surface area contributed by atoms with E-state index in [0.29, 0.717) is 59.8 Å². The van der Waals surface area contributed by atoms with Crippen LogP contribution in [0.1, 0.15) is 79.9 Å². The number of fused-ring (bicyclic) bond motifs is 5. The third-order valence-electron chi connectivity index (χ3n) is 12.1. The number of hydrogen-bond acceptors (Lipinski definition) is 10. The molecule has 6 rings (SSSR count). The highest BCUT2D eigenvalue weighted by Crippen LogP contribution is 2.40. The molecule has 2 aliphatic rings. The number of ketones is 4. The fraction of sp³-hybridized carbons (Fsp3) is 0.327. The molecule has 5 N–H and O–H groups in total. The molecule has 4 bridgehead atoms. The maximum atomic E-state index is 14.7. The Hall–Kier alpha value is -6.50. The first-order valence-electron chi connectivity index (χ1n) is 21.9. The Morgan fingerprint density at radius 2 is 1.55 bits per heavy atom. The minimum absolute atomic E-state index is 0.00601. The number of benzene rings is 4. The second-order valence-corrected chi connectivity index (χ2v) is 17.4. The van der Waals surface area contributed by atoms with Gasteiger partial charge in [0.2, 0.25) is 11.8 Å². The number of amides is 2. The Morgan fingerprint density at radius 1 is 0.892 bits per heavy atom. The number of aromatic hydroxyl groups is 2. The van der Waals surface area contributed by atoms with Crippen LogP contribution in [0, 0.1) is 17.8 Å². The van der Waals surface area contributed by atoms with Gasteiger partial charge in [-0.3, -0.25) is 33.8 Å². The van der Waals surface area contributed by atoms with Crippen molar-refractivity contribution in [2.24, 2.45) is 28.5 Å². The Labute approximate surface area is 384 Å². The van der Waals surface area contributed by atoms with E-state index in [-0.39, 0.29) is 59.9 Å². The lowest BCUT2D eigenvalue weighted by molar-refractivity contribution is -0.142. The van der Waals surface area contributed by atoms with Gasteiger partial charge in [-0.2, -0.15) is 0 Å². The third-order valence-corrected chi connectivity index (χ3v) is 12.3. The molecule has 0 saturated carbocycles. The molecule has 0 radical (unpaired) electrons. The molecule has 4 aromatic carbocycles. The summed E-state index contributed by atoms with van der Waals surface area (Å²) in [5.41, 5.74) is 9.92. The molecule has 0 saturated heterocycles. The zero-order valence-corrected chi connectivity index (χ0v) is 37.6. The van der Waals surface area contributed by atoms with Gasteiger partial charge in [-0.05, 0) is 103 Å². The number of allylic oxidation sites excluding steroid dienone is 3. The van der Waals surface area contributed by atoms with E-state index in [2.05, 4.69) is 10.3 Å². The van der Waals surface area contributed by atoms with Gasteiger partial charge < -0.3 is 26.2 Å². The molecule has 13 heteroatoms. The first-order chi connectivity index (χ1) is 31.1. The van der Waals surface area contributed by atoms with E-state index in [9.17, 15) is 39.0 Å². The highest BCUT2D eigenvalue weighted by Gasteiger charge is 2.36. The summed E-state index contributed by atoms with van der Waals surface area (Å²) in [6.45, 7) is 4.12. The number of halogens is 1. The van der Waals surface area contributed by atoms with Crippen molar-refractivity contribution >= 4 is 52.3 Å². The number of phenols is 2. The Balaban J connectivity index is 1.29. The predicted octanol–water partition coefficient (Wildman–Crippen LogP) is 7.97. The van der Waals surface area contributed by atoms with Crippen LogP contribution in [0.3, 0.4) is 0 Å². The third kappa shape index (κ3) is 12.2. The molecule has 0 aliphatic carbocycles. The second kappa shape index (κ2) is 21.9. The normalized spacial score (nSPS) is 18.4. The number of aliphatic imine (C=N–C) groups is 1. The molecule has 0 aromatic heterocycles. The van der Waals surface area contributed by atoms with Crippen LogP contribution in [-0.4, -0.2) is 82.0 Å². The molecule has 2 heterocycles. The average molecular weight is 899 g/mol. The number of rotatable bonds is 16. The first kappa shape index (κ1) is 48.0. The minimum Gasteiger partial charge on any atom is -0.507 e. The standard InChI is InChI=1S/C52H55ClN4O8/c1-31(44(58)22-19-40-8-6-24-55-40)25-48(62)43-28-33-9-20-45(59)41(27-33)42-29-37(16-21-46(42)60)50(49(63)26-32(2)51(64)56-43)57(3)52(65)38(7-4-5-23-54)30-47(61)36-12-10-34(11-13-36)35-14-17-39(53)18-15-35/h6,8-22,27,29,31-32,38,43,50,59-60H,4-5,7,23-26,28,30,54H2,1-3H3,(H,56,64)/b22-19+/t31-,32-,38-,43+,50+/m1/s1. The number of carbonyl (C=O) groups excluding carboxylic acids is 6. The largest absolute Gasteiger partial charge is 0.507 e. The minimum atomic E-state index is -1.28. The number of nitrogens with zero attached hydrogens (tertiary/aromatic N) is 2. The van der Waals surface area contributed by atoms with Crippen molar-refractivity contribution in [1.29, 1.82) is 0 Å². The van der Waals surface area contributed by atoms with Crippen LogP contribution in [-0.2, 0) is 30.4 Å². The van der Waals surface area contributed by atoms with Crippen molar-refractivity contribution < 1.29 is 39.0 Å². The van der Waals surface area contributed by atoms with Crippen molar-refractivity contribution in [3.8, 4) is 33.8 Å². The molecular formula is C52H55ClN4O8. The lowest BCUT2D eigenvalue weighted by atomic mass is 9.87. The maximum Gasteiger partial charge on any atom is 0.226 e. The first-order valence-corrected chi connectivity index (χ1v) is 22.3. The number of carbonyl (C=O) groups is 6. The lowest BCUT2D eigenvalue weighted by Crippen LogP contribution is -2.46. The number of unbranched alkanes of at least 4 members (excludes halogenated alkanes) is 1. The van der Waals surface area contributed by atoms with E-state index in [4.69, 9.17) is 17.3 Å². The molecule has 0 unspecified atom stereocenters. The summed E-state index contributed by atoms with van der Waals surface area (Å²) in [6.07, 6.45) is 7.46. The molecule has 338 valence electrons. The van der Waals surface area contributed by atoms with E-state index in [1.54, 1.807) is 62.4 Å². The van der Waals surface area contributed by atoms with Gasteiger partial charge in [0.15, 0.2) is 23.1 Å². The number of Topliss-reactive ketones (excluding diaryl/α,β-unsaturated/α-hetero) is 3. The number of likely N-dealkylation sites (N-methyl/N-ethyl adjacent to an activating group) is 1. The summed E-state index contributed by atoms with van der Waals surface area (Å²) in [6, 6.07) is 21.1. The Bertz CT molecular complexity index is 2530.